The second-order valence-electron chi connectivity index (χ2n) is 2.42. The number of aliphatic hydroxyl groups is 1. The van der Waals surface area contributed by atoms with Crippen molar-refractivity contribution in [2.45, 2.75) is 12.9 Å². The molecule has 0 aromatic carbocycles. The molecule has 1 aromatic rings. The molecule has 0 saturated carbocycles. The molecule has 0 amide bonds. The van der Waals surface area contributed by atoms with Crippen molar-refractivity contribution < 1.29 is 16.7 Å². The predicted molar refractivity (Wildman–Crippen MR) is 49.4 cm³/mol. The minimum Gasteiger partial charge on any atom is -0.478 e. The van der Waals surface area contributed by atoms with Crippen LogP contribution in [0.15, 0.2) is 18.3 Å². The molecule has 0 unspecified atom stereocenters. The second-order valence-corrected chi connectivity index (χ2v) is 2.42. The number of rotatable bonds is 4. The van der Waals surface area contributed by atoms with Crippen LogP contribution in [0.2, 0.25) is 0 Å². The van der Waals surface area contributed by atoms with E-state index in [1.54, 1.807) is 0 Å². The van der Waals surface area contributed by atoms with E-state index >= 15 is 0 Å². The predicted octanol–water partition coefficient (Wildman–Crippen LogP) is 0.472. The molecule has 3 N–H and O–H groups in total. The van der Waals surface area contributed by atoms with Crippen LogP contribution in [0.3, 0.4) is 0 Å². The summed E-state index contributed by atoms with van der Waals surface area (Å²) in [4.78, 5) is 3.74. The van der Waals surface area contributed by atoms with Gasteiger partial charge in [0.2, 0.25) is 5.88 Å². The zero-order valence-electron chi connectivity index (χ0n) is 11.9. The molecule has 0 aliphatic rings. The van der Waals surface area contributed by atoms with Gasteiger partial charge in [-0.2, -0.15) is 0 Å². The first kappa shape index (κ1) is 4.93. The molecule has 0 saturated heterocycles. The number of nitrogens with two attached hydrogens (primary N) is 1. The lowest BCUT2D eigenvalue weighted by atomic mass is 10.1. The van der Waals surface area contributed by atoms with Crippen LogP contribution < -0.4 is 10.5 Å². The Morgan fingerprint density at radius 3 is 3.23 bits per heavy atom. The van der Waals surface area contributed by atoms with Gasteiger partial charge >= 0.3 is 0 Å². The van der Waals surface area contributed by atoms with Crippen LogP contribution in [0.4, 0.5) is 0 Å². The van der Waals surface area contributed by atoms with Gasteiger partial charge in [-0.3, -0.25) is 0 Å². The van der Waals surface area contributed by atoms with Crippen molar-refractivity contribution >= 4 is 0 Å². The highest BCUT2D eigenvalue weighted by atomic mass is 16.5. The maximum absolute atomic E-state index is 8.83. The molecule has 1 rings (SSSR count). The minimum absolute atomic E-state index is 0.162. The molecule has 1 heterocycles. The van der Waals surface area contributed by atoms with Gasteiger partial charge in [0.15, 0.2) is 0 Å². The third-order valence-electron chi connectivity index (χ3n) is 1.54. The normalized spacial score (nSPS) is 20.3. The van der Waals surface area contributed by atoms with Crippen LogP contribution in [0.5, 0.6) is 5.88 Å². The van der Waals surface area contributed by atoms with Gasteiger partial charge in [0.1, 0.15) is 0 Å². The van der Waals surface area contributed by atoms with Crippen molar-refractivity contribution in [3.05, 3.63) is 23.9 Å². The Hall–Kier alpha value is -1.13. The van der Waals surface area contributed by atoms with Crippen molar-refractivity contribution in [2.24, 2.45) is 5.73 Å². The summed E-state index contributed by atoms with van der Waals surface area (Å²) in [5.74, 6) is -0.162. The summed E-state index contributed by atoms with van der Waals surface area (Å²) < 4.78 is 40.2. The molecule has 4 nitrogen and oxygen atoms in total. The van der Waals surface area contributed by atoms with Crippen LogP contribution >= 0.6 is 0 Å². The topological polar surface area (TPSA) is 68.4 Å². The van der Waals surface area contributed by atoms with Gasteiger partial charge < -0.3 is 15.6 Å². The summed E-state index contributed by atoms with van der Waals surface area (Å²) in [6, 6.07) is 2.19. The van der Waals surface area contributed by atoms with Crippen LogP contribution in [-0.2, 0) is 0 Å². The van der Waals surface area contributed by atoms with Crippen LogP contribution in [0, 0.1) is 0 Å². The van der Waals surface area contributed by atoms with Crippen LogP contribution in [-0.4, -0.2) is 23.3 Å². The molecule has 4 heteroatoms. The van der Waals surface area contributed by atoms with Gasteiger partial charge in [-0.1, -0.05) is 6.07 Å². The molecule has 1 atom stereocenters. The molecule has 0 radical (unpaired) electrons. The third-order valence-corrected chi connectivity index (χ3v) is 1.54. The highest BCUT2D eigenvalue weighted by Gasteiger charge is 2.04. The Kier molecular flexibility index (Phi) is 1.82. The van der Waals surface area contributed by atoms with Crippen molar-refractivity contribution in [2.75, 3.05) is 13.2 Å². The first-order valence-corrected chi connectivity index (χ1v) is 3.69. The average molecular weight is 187 g/mol. The first-order chi connectivity index (χ1) is 8.17. The Morgan fingerprint density at radius 2 is 2.69 bits per heavy atom. The molecule has 0 bridgehead atoms. The first-order valence-electron chi connectivity index (χ1n) is 6.19. The number of hydrogen-bond acceptors (Lipinski definition) is 4. The average Bonchev–Trinajstić information content (AvgIpc) is 2.27. The molecule has 0 spiro atoms. The van der Waals surface area contributed by atoms with E-state index in [9.17, 15) is 0 Å². The zero-order chi connectivity index (χ0) is 14.0. The van der Waals surface area contributed by atoms with E-state index in [1.807, 2.05) is 0 Å². The molecular weight excluding hydrogens is 168 g/mol. The Bertz CT molecular complexity index is 393. The zero-order valence-corrected chi connectivity index (χ0v) is 6.90. The Balaban J connectivity index is 2.81. The summed E-state index contributed by atoms with van der Waals surface area (Å²) in [6.07, 6.45) is 1.30. The number of aromatic nitrogens is 1. The summed E-state index contributed by atoms with van der Waals surface area (Å²) in [7, 11) is 0. The number of nitrogens with zero attached hydrogens (tertiary/aromatic N) is 1. The van der Waals surface area contributed by atoms with Gasteiger partial charge in [0.25, 0.3) is 0 Å². The fraction of sp³-hybridized carbons (Fsp3) is 0.444. The van der Waals surface area contributed by atoms with E-state index in [2.05, 4.69) is 4.98 Å². The Morgan fingerprint density at radius 1 is 1.85 bits per heavy atom. The monoisotopic (exact) mass is 187 g/mol. The highest BCUT2D eigenvalue weighted by molar-refractivity contribution is 5.20. The van der Waals surface area contributed by atoms with Crippen molar-refractivity contribution in [1.82, 2.24) is 4.98 Å². The maximum Gasteiger partial charge on any atom is 0.213 e. The van der Waals surface area contributed by atoms with E-state index in [0.29, 0.717) is 5.56 Å². The number of pyridine rings is 1. The lowest BCUT2D eigenvalue weighted by Crippen LogP contribution is -2.14. The lowest BCUT2D eigenvalue weighted by Gasteiger charge is -2.08. The van der Waals surface area contributed by atoms with E-state index in [4.69, 9.17) is 22.4 Å². The number of ether oxygens (including phenoxy) is 1. The fourth-order valence-electron chi connectivity index (χ4n) is 0.829. The summed E-state index contributed by atoms with van der Waals surface area (Å²) in [6.45, 7) is -5.98. The van der Waals surface area contributed by atoms with Crippen molar-refractivity contribution in [3.8, 4) is 5.88 Å². The largest absolute Gasteiger partial charge is 0.478 e. The summed E-state index contributed by atoms with van der Waals surface area (Å²) in [5.41, 5.74) is 6.09. The van der Waals surface area contributed by atoms with Crippen LogP contribution in [0.1, 0.15) is 25.3 Å². The van der Waals surface area contributed by atoms with E-state index in [0.717, 1.165) is 0 Å². The van der Waals surface area contributed by atoms with E-state index in [-0.39, 0.29) is 12.5 Å². The van der Waals surface area contributed by atoms with Crippen molar-refractivity contribution in [3.63, 3.8) is 0 Å². The van der Waals surface area contributed by atoms with E-state index < -0.39 is 19.5 Å². The summed E-state index contributed by atoms with van der Waals surface area (Å²) in [5, 5.41) is 8.83. The second kappa shape index (κ2) is 4.79. The van der Waals surface area contributed by atoms with Gasteiger partial charge in [-0.25, -0.2) is 4.98 Å². The molecular formula is C9H14N2O2. The third kappa shape index (κ3) is 2.68. The van der Waals surface area contributed by atoms with E-state index in [1.165, 1.54) is 18.3 Å². The minimum atomic E-state index is -2.91. The molecule has 0 fully saturated rings. The number of hydrogen-bond donors (Lipinski definition) is 2. The van der Waals surface area contributed by atoms with Crippen molar-refractivity contribution in [1.29, 1.82) is 0 Å². The van der Waals surface area contributed by atoms with Gasteiger partial charge in [-0.15, -0.1) is 0 Å². The molecule has 0 aliphatic carbocycles. The Labute approximate surface area is 84.4 Å². The lowest BCUT2D eigenvalue weighted by molar-refractivity contribution is 0.267. The SMILES string of the molecule is [2H]C([2H])([2H])C([2H])([2H])Oc1ccc([C@@H](N)CO)cn1. The number of aliphatic hydroxyl groups excluding tert-OH is 1. The molecule has 13 heavy (non-hydrogen) atoms. The van der Waals surface area contributed by atoms with Gasteiger partial charge in [0.05, 0.1) is 21.9 Å². The smallest absolute Gasteiger partial charge is 0.213 e. The standard InChI is InChI=1S/C9H14N2O2/c1-2-13-9-4-3-7(5-11-9)8(10)6-12/h3-5,8,12H,2,6,10H2,1H3/t8-/m0/s1/i1D3,2D2. The molecule has 72 valence electrons. The summed E-state index contributed by atoms with van der Waals surface area (Å²) >= 11 is 0. The van der Waals surface area contributed by atoms with Gasteiger partial charge in [-0.05, 0) is 12.4 Å². The van der Waals surface area contributed by atoms with Crippen LogP contribution in [0.25, 0.3) is 0 Å². The molecule has 0 aliphatic heterocycles. The maximum atomic E-state index is 8.83. The quantitative estimate of drug-likeness (QED) is 0.719. The fourth-order valence-corrected chi connectivity index (χ4v) is 0.829. The highest BCUT2D eigenvalue weighted by Crippen LogP contribution is 2.12. The van der Waals surface area contributed by atoms with Gasteiger partial charge in [0, 0.05) is 16.4 Å². The molecule has 1 aromatic heterocycles.